The zero-order valence-corrected chi connectivity index (χ0v) is 20.4. The summed E-state index contributed by atoms with van der Waals surface area (Å²) < 4.78 is 32.7. The van der Waals surface area contributed by atoms with Gasteiger partial charge in [0.15, 0.2) is 11.7 Å². The maximum absolute atomic E-state index is 12.4. The number of rotatable bonds is 16. The van der Waals surface area contributed by atoms with Crippen LogP contribution in [-0.2, 0) is 27.2 Å². The molecule has 178 valence electrons. The molecule has 0 saturated heterocycles. The van der Waals surface area contributed by atoms with Crippen molar-refractivity contribution in [3.05, 3.63) is 41.2 Å². The second-order valence-corrected chi connectivity index (χ2v) is 10.0. The molecule has 10 heteroatoms. The molecule has 8 nitrogen and oxygen atoms in total. The first-order valence-corrected chi connectivity index (χ1v) is 13.4. The zero-order valence-electron chi connectivity index (χ0n) is 18.7. The van der Waals surface area contributed by atoms with E-state index in [1.165, 1.54) is 51.4 Å². The van der Waals surface area contributed by atoms with Gasteiger partial charge in [0.25, 0.3) is 10.1 Å². The zero-order chi connectivity index (χ0) is 23.4. The molecule has 0 saturated carbocycles. The molecule has 1 atom stereocenters. The van der Waals surface area contributed by atoms with Gasteiger partial charge in [-0.3, -0.25) is 9.35 Å². The predicted molar refractivity (Wildman–Crippen MR) is 127 cm³/mol. The molecule has 0 fully saturated rings. The molecule has 1 N–H and O–H groups in total. The molecule has 0 radical (unpaired) electrons. The first kappa shape index (κ1) is 26.5. The van der Waals surface area contributed by atoms with E-state index in [2.05, 4.69) is 35.1 Å². The minimum Gasteiger partial charge on any atom is -0.286 e. The van der Waals surface area contributed by atoms with Crippen molar-refractivity contribution in [2.75, 3.05) is 0 Å². The molecule has 1 unspecified atom stereocenters. The van der Waals surface area contributed by atoms with Crippen molar-refractivity contribution in [3.63, 3.8) is 0 Å². The van der Waals surface area contributed by atoms with E-state index in [0.29, 0.717) is 5.56 Å². The number of benzene rings is 1. The van der Waals surface area contributed by atoms with Crippen molar-refractivity contribution in [1.29, 1.82) is 0 Å². The van der Waals surface area contributed by atoms with Crippen molar-refractivity contribution in [1.82, 2.24) is 20.2 Å². The van der Waals surface area contributed by atoms with Crippen molar-refractivity contribution in [3.8, 4) is 0 Å². The second kappa shape index (κ2) is 13.7. The smallest absolute Gasteiger partial charge is 0.285 e. The molecule has 1 aromatic carbocycles. The molecule has 32 heavy (non-hydrogen) atoms. The van der Waals surface area contributed by atoms with Gasteiger partial charge in [0.1, 0.15) is 5.92 Å². The first-order chi connectivity index (χ1) is 15.3. The molecule has 0 aliphatic carbocycles. The largest absolute Gasteiger partial charge is 0.286 e. The summed E-state index contributed by atoms with van der Waals surface area (Å²) >= 11 is 4.02. The molecule has 2 rings (SSSR count). The van der Waals surface area contributed by atoms with E-state index in [-0.39, 0.29) is 5.82 Å². The topological polar surface area (TPSA) is 115 Å². The lowest BCUT2D eigenvalue weighted by atomic mass is 9.91. The Morgan fingerprint density at radius 1 is 1.03 bits per heavy atom. The summed E-state index contributed by atoms with van der Waals surface area (Å²) in [6.07, 6.45) is 13.2. The van der Waals surface area contributed by atoms with E-state index in [4.69, 9.17) is 4.55 Å². The average Bonchev–Trinajstić information content (AvgIpc) is 3.16. The van der Waals surface area contributed by atoms with Crippen molar-refractivity contribution in [2.45, 2.75) is 89.3 Å². The molecule has 0 aliphatic heterocycles. The molecule has 1 heterocycles. The monoisotopic (exact) mass is 482 g/mol. The Hall–Kier alpha value is -1.78. The minimum absolute atomic E-state index is 0.0400. The van der Waals surface area contributed by atoms with Gasteiger partial charge in [0.2, 0.25) is 5.12 Å². The van der Waals surface area contributed by atoms with Crippen LogP contribution >= 0.6 is 12.6 Å². The number of thiol groups is 1. The van der Waals surface area contributed by atoms with Gasteiger partial charge in [-0.05, 0) is 34.4 Å². The van der Waals surface area contributed by atoms with Crippen LogP contribution < -0.4 is 0 Å². The Labute approximate surface area is 196 Å². The highest BCUT2D eigenvalue weighted by atomic mass is 32.2. The van der Waals surface area contributed by atoms with E-state index in [0.717, 1.165) is 29.5 Å². The molecule has 0 spiro atoms. The highest BCUT2D eigenvalue weighted by molar-refractivity contribution is 7.96. The second-order valence-electron chi connectivity index (χ2n) is 8.15. The minimum atomic E-state index is -4.37. The quantitative estimate of drug-likeness (QED) is 0.205. The van der Waals surface area contributed by atoms with Crippen LogP contribution in [0.15, 0.2) is 24.3 Å². The lowest BCUT2D eigenvalue weighted by Crippen LogP contribution is -2.20. The molecule has 1 aromatic heterocycles. The Bertz CT molecular complexity index is 947. The lowest BCUT2D eigenvalue weighted by Gasteiger charge is -2.17. The fraction of sp³-hybridized carbons (Fsp3) is 0.636. The number of aromatic nitrogens is 4. The summed E-state index contributed by atoms with van der Waals surface area (Å²) in [5.74, 6) is -1.71. The molecule has 0 bridgehead atoms. The average molecular weight is 483 g/mol. The summed E-state index contributed by atoms with van der Waals surface area (Å²) in [5, 5.41) is 10.5. The predicted octanol–water partition coefficient (Wildman–Crippen LogP) is 4.57. The maximum atomic E-state index is 12.4. The van der Waals surface area contributed by atoms with Gasteiger partial charge in [0, 0.05) is 0 Å². The van der Waals surface area contributed by atoms with Gasteiger partial charge < -0.3 is 0 Å². The van der Waals surface area contributed by atoms with Crippen LogP contribution in [-0.4, -0.2) is 38.3 Å². The Morgan fingerprint density at radius 3 is 2.22 bits per heavy atom. The highest BCUT2D eigenvalue weighted by Gasteiger charge is 2.29. The van der Waals surface area contributed by atoms with E-state index >= 15 is 0 Å². The molecule has 0 aliphatic rings. The van der Waals surface area contributed by atoms with E-state index < -0.39 is 27.0 Å². The van der Waals surface area contributed by atoms with E-state index in [1.807, 2.05) is 24.3 Å². The molecule has 0 amide bonds. The van der Waals surface area contributed by atoms with Gasteiger partial charge in [0.05, 0.1) is 0 Å². The standard InChI is InChI=1S/C22H34N4O4S2/c1-2-3-4-5-6-7-8-9-10-11-14-18-15-12-13-16-19(18)20(22(27)31)21-23-24-25-26(21)17-32(28,29)30/h12-13,15-16,20H,2-11,14,17H2,1H3,(H,27,31)(H,28,29,30). The van der Waals surface area contributed by atoms with Gasteiger partial charge in [-0.15, -0.1) is 17.7 Å². The SMILES string of the molecule is CCCCCCCCCCCCc1ccccc1C(C(=O)S)c1nnnn1CS(=O)(=O)O. The third kappa shape index (κ3) is 8.99. The van der Waals surface area contributed by atoms with Crippen molar-refractivity contribution < 1.29 is 17.8 Å². The van der Waals surface area contributed by atoms with Gasteiger partial charge >= 0.3 is 0 Å². The van der Waals surface area contributed by atoms with Gasteiger partial charge in [-0.1, -0.05) is 89.0 Å². The normalized spacial score (nSPS) is 12.7. The fourth-order valence-corrected chi connectivity index (χ4v) is 4.64. The first-order valence-electron chi connectivity index (χ1n) is 11.3. The van der Waals surface area contributed by atoms with Crippen LogP contribution in [0.1, 0.15) is 94.0 Å². The number of carbonyl (C=O) groups excluding carboxylic acids is 1. The number of unbranched alkanes of at least 4 members (excludes halogenated alkanes) is 9. The third-order valence-corrected chi connectivity index (χ3v) is 6.35. The Kier molecular flexibility index (Phi) is 11.3. The summed E-state index contributed by atoms with van der Waals surface area (Å²) in [6, 6.07) is 7.51. The maximum Gasteiger partial charge on any atom is 0.285 e. The highest BCUT2D eigenvalue weighted by Crippen LogP contribution is 2.29. The lowest BCUT2D eigenvalue weighted by molar-refractivity contribution is -0.111. The third-order valence-electron chi connectivity index (χ3n) is 5.52. The summed E-state index contributed by atoms with van der Waals surface area (Å²) in [7, 11) is -4.37. The molecular formula is C22H34N4O4S2. The van der Waals surface area contributed by atoms with Crippen LogP contribution in [0, 0.1) is 0 Å². The van der Waals surface area contributed by atoms with Gasteiger partial charge in [-0.2, -0.15) is 8.42 Å². The van der Waals surface area contributed by atoms with Crippen LogP contribution in [0.4, 0.5) is 0 Å². The number of hydrogen-bond donors (Lipinski definition) is 2. The van der Waals surface area contributed by atoms with E-state index in [9.17, 15) is 13.2 Å². The van der Waals surface area contributed by atoms with Gasteiger partial charge in [-0.25, -0.2) is 4.68 Å². The number of nitrogens with zero attached hydrogens (tertiary/aromatic N) is 4. The number of tetrazole rings is 1. The summed E-state index contributed by atoms with van der Waals surface area (Å²) in [6.45, 7) is 2.23. The van der Waals surface area contributed by atoms with Crippen molar-refractivity contribution in [2.24, 2.45) is 0 Å². The number of aryl methyl sites for hydroxylation is 1. The summed E-state index contributed by atoms with van der Waals surface area (Å²) in [5.41, 5.74) is 1.69. The van der Waals surface area contributed by atoms with Crippen LogP contribution in [0.5, 0.6) is 0 Å². The summed E-state index contributed by atoms with van der Waals surface area (Å²) in [4.78, 5) is 12.4. The fourth-order valence-electron chi connectivity index (χ4n) is 3.89. The Balaban J connectivity index is 1.98. The van der Waals surface area contributed by atoms with Crippen LogP contribution in [0.25, 0.3) is 0 Å². The molecular weight excluding hydrogens is 448 g/mol. The molecule has 2 aromatic rings. The van der Waals surface area contributed by atoms with Crippen molar-refractivity contribution >= 4 is 27.9 Å². The Morgan fingerprint density at radius 2 is 1.62 bits per heavy atom. The van der Waals surface area contributed by atoms with E-state index in [1.54, 1.807) is 0 Å². The van der Waals surface area contributed by atoms with Crippen LogP contribution in [0.3, 0.4) is 0 Å². The van der Waals surface area contributed by atoms with Crippen LogP contribution in [0.2, 0.25) is 0 Å². The number of hydrogen-bond acceptors (Lipinski definition) is 6. The number of carbonyl (C=O) groups is 1.